The molecular formula is C21H27FO3. The van der Waals surface area contributed by atoms with Gasteiger partial charge in [0, 0.05) is 11.3 Å². The van der Waals surface area contributed by atoms with Crippen LogP contribution in [0.3, 0.4) is 0 Å². The zero-order chi connectivity index (χ0) is 17.7. The van der Waals surface area contributed by atoms with Crippen molar-refractivity contribution < 1.29 is 18.7 Å². The molecule has 5 aliphatic carbocycles. The first-order chi connectivity index (χ1) is 11.8. The van der Waals surface area contributed by atoms with Crippen LogP contribution >= 0.6 is 0 Å². The molecule has 0 aromatic carbocycles. The van der Waals surface area contributed by atoms with Gasteiger partial charge in [0.1, 0.15) is 0 Å². The third kappa shape index (κ3) is 1.72. The number of Topliss-reactive ketones (excluding diaryl/α,β-unsaturated/α-hetero) is 2. The minimum Gasteiger partial charge on any atom is -0.493 e. The van der Waals surface area contributed by atoms with Crippen molar-refractivity contribution in [2.24, 2.45) is 40.4 Å². The van der Waals surface area contributed by atoms with Crippen molar-refractivity contribution in [3.05, 3.63) is 11.3 Å². The maximum Gasteiger partial charge on any atom is 0.200 e. The number of ketones is 2. The van der Waals surface area contributed by atoms with Crippen molar-refractivity contribution in [3.8, 4) is 0 Å². The minimum absolute atomic E-state index is 0.00557. The molecule has 3 nitrogen and oxygen atoms in total. The van der Waals surface area contributed by atoms with Gasteiger partial charge in [-0.2, -0.15) is 0 Å². The first-order valence-corrected chi connectivity index (χ1v) is 9.84. The molecule has 4 saturated carbocycles. The van der Waals surface area contributed by atoms with Crippen LogP contribution in [0.4, 0.5) is 4.39 Å². The number of halogens is 1. The highest BCUT2D eigenvalue weighted by Crippen LogP contribution is 2.71. The van der Waals surface area contributed by atoms with Gasteiger partial charge in [0.25, 0.3) is 0 Å². The third-order valence-electron chi connectivity index (χ3n) is 8.88. The molecule has 0 spiro atoms. The molecule has 8 atom stereocenters. The van der Waals surface area contributed by atoms with E-state index in [1.165, 1.54) is 5.57 Å². The van der Waals surface area contributed by atoms with E-state index in [9.17, 15) is 14.0 Å². The first kappa shape index (κ1) is 16.0. The van der Waals surface area contributed by atoms with E-state index < -0.39 is 11.6 Å². The number of hydrogen-bond acceptors (Lipinski definition) is 3. The van der Waals surface area contributed by atoms with Crippen molar-refractivity contribution in [2.75, 3.05) is 7.11 Å². The van der Waals surface area contributed by atoms with Crippen LogP contribution in [0.1, 0.15) is 52.4 Å². The summed E-state index contributed by atoms with van der Waals surface area (Å²) in [7, 11) is 1.62. The number of hydrogen-bond donors (Lipinski definition) is 0. The van der Waals surface area contributed by atoms with Gasteiger partial charge in [-0.05, 0) is 73.2 Å². The Kier molecular flexibility index (Phi) is 3.04. The second-order valence-corrected chi connectivity index (χ2v) is 9.55. The van der Waals surface area contributed by atoms with E-state index in [1.807, 2.05) is 6.92 Å². The Morgan fingerprint density at radius 2 is 1.84 bits per heavy atom. The van der Waals surface area contributed by atoms with Gasteiger partial charge in [-0.3, -0.25) is 9.59 Å². The molecule has 0 radical (unpaired) electrons. The number of carbonyl (C=O) groups excluding carboxylic acids is 2. The van der Waals surface area contributed by atoms with Gasteiger partial charge in [0.15, 0.2) is 17.7 Å². The highest BCUT2D eigenvalue weighted by atomic mass is 19.1. The largest absolute Gasteiger partial charge is 0.493 e. The zero-order valence-corrected chi connectivity index (χ0v) is 15.3. The van der Waals surface area contributed by atoms with Crippen LogP contribution in [0.15, 0.2) is 11.3 Å². The van der Waals surface area contributed by atoms with Crippen LogP contribution < -0.4 is 0 Å². The van der Waals surface area contributed by atoms with Gasteiger partial charge in [-0.25, -0.2) is 4.39 Å². The number of alkyl halides is 1. The first-order valence-electron chi connectivity index (χ1n) is 9.84. The van der Waals surface area contributed by atoms with Crippen LogP contribution in [0.25, 0.3) is 0 Å². The lowest BCUT2D eigenvalue weighted by Gasteiger charge is -2.57. The summed E-state index contributed by atoms with van der Waals surface area (Å²) in [6, 6.07) is 0. The minimum atomic E-state index is -1.27. The Hall–Kier alpha value is -1.19. The molecule has 0 amide bonds. The summed E-state index contributed by atoms with van der Waals surface area (Å²) in [5.74, 6) is 2.29. The number of carbonyl (C=O) groups is 2. The summed E-state index contributed by atoms with van der Waals surface area (Å²) in [6.45, 7) is 4.34. The Balaban J connectivity index is 1.58. The van der Waals surface area contributed by atoms with Crippen LogP contribution in [0.5, 0.6) is 0 Å². The van der Waals surface area contributed by atoms with Gasteiger partial charge < -0.3 is 4.74 Å². The zero-order valence-electron chi connectivity index (χ0n) is 15.3. The van der Waals surface area contributed by atoms with E-state index in [0.717, 1.165) is 32.1 Å². The van der Waals surface area contributed by atoms with E-state index >= 15 is 0 Å². The van der Waals surface area contributed by atoms with Crippen LogP contribution in [0.2, 0.25) is 0 Å². The molecule has 0 bridgehead atoms. The molecule has 0 N–H and O–H groups in total. The molecule has 5 rings (SSSR count). The molecule has 25 heavy (non-hydrogen) atoms. The lowest BCUT2D eigenvalue weighted by Crippen LogP contribution is -2.52. The summed E-state index contributed by atoms with van der Waals surface area (Å²) < 4.78 is 19.9. The van der Waals surface area contributed by atoms with Crippen LogP contribution in [-0.4, -0.2) is 24.8 Å². The number of allylic oxidation sites excluding steroid dienone is 1. The summed E-state index contributed by atoms with van der Waals surface area (Å²) in [6.07, 6.45) is 3.73. The average Bonchev–Trinajstić information content (AvgIpc) is 3.36. The smallest absolute Gasteiger partial charge is 0.200 e. The summed E-state index contributed by atoms with van der Waals surface area (Å²) in [4.78, 5) is 25.1. The fraction of sp³-hybridized carbons (Fsp3) is 0.810. The summed E-state index contributed by atoms with van der Waals surface area (Å²) in [5.41, 5.74) is 0.770. The van der Waals surface area contributed by atoms with E-state index in [1.54, 1.807) is 7.11 Å². The molecule has 1 unspecified atom stereocenters. The number of rotatable bonds is 1. The second-order valence-electron chi connectivity index (χ2n) is 9.55. The summed E-state index contributed by atoms with van der Waals surface area (Å²) in [5, 5.41) is 0. The molecule has 4 heteroatoms. The number of ether oxygens (including phenoxy) is 1. The second kappa shape index (κ2) is 4.75. The van der Waals surface area contributed by atoms with Crippen molar-refractivity contribution in [1.29, 1.82) is 0 Å². The molecule has 0 saturated heterocycles. The molecule has 0 aromatic rings. The molecule has 0 heterocycles. The van der Waals surface area contributed by atoms with E-state index in [0.29, 0.717) is 29.9 Å². The predicted molar refractivity (Wildman–Crippen MR) is 90.3 cm³/mol. The predicted octanol–water partition coefficient (Wildman–Crippen LogP) is 3.87. The molecule has 5 aliphatic rings. The molecule has 0 aromatic heterocycles. The van der Waals surface area contributed by atoms with Crippen molar-refractivity contribution in [2.45, 2.75) is 58.5 Å². The van der Waals surface area contributed by atoms with Gasteiger partial charge in [-0.1, -0.05) is 13.8 Å². The monoisotopic (exact) mass is 346 g/mol. The fourth-order valence-electron chi connectivity index (χ4n) is 7.53. The highest BCUT2D eigenvalue weighted by molar-refractivity contribution is 6.00. The van der Waals surface area contributed by atoms with Gasteiger partial charge in [0.2, 0.25) is 5.78 Å². The van der Waals surface area contributed by atoms with Crippen molar-refractivity contribution in [1.82, 2.24) is 0 Å². The van der Waals surface area contributed by atoms with Crippen LogP contribution in [0, 0.1) is 40.4 Å². The Morgan fingerprint density at radius 1 is 1.08 bits per heavy atom. The van der Waals surface area contributed by atoms with Crippen molar-refractivity contribution >= 4 is 11.6 Å². The maximum atomic E-state index is 14.3. The normalized spacial score (nSPS) is 53.8. The molecule has 0 aliphatic heterocycles. The maximum absolute atomic E-state index is 14.3. The lowest BCUT2D eigenvalue weighted by atomic mass is 9.47. The Labute approximate surface area is 148 Å². The Morgan fingerprint density at radius 3 is 2.56 bits per heavy atom. The van der Waals surface area contributed by atoms with Crippen molar-refractivity contribution in [3.63, 3.8) is 0 Å². The highest BCUT2D eigenvalue weighted by Gasteiger charge is 2.68. The van der Waals surface area contributed by atoms with Gasteiger partial charge in [-0.15, -0.1) is 0 Å². The molecule has 136 valence electrons. The lowest BCUT2D eigenvalue weighted by molar-refractivity contribution is -0.135. The standard InChI is InChI=1S/C21H27FO3/c1-20-7-6-12-10(14(20)9-16(22)19(20)24)4-5-13-18(25-3)17(23)11-8-15(11)21(12,13)2/h10-12,14-16H,4-9H2,1-3H3/t10-,11+,12+,14+,15?,16-,20+,21-/m1/s1. The van der Waals surface area contributed by atoms with E-state index in [2.05, 4.69) is 6.92 Å². The summed E-state index contributed by atoms with van der Waals surface area (Å²) >= 11 is 0. The quantitative estimate of drug-likeness (QED) is 0.724. The fourth-order valence-corrected chi connectivity index (χ4v) is 7.53. The number of methoxy groups -OCH3 is 1. The molecule has 4 fully saturated rings. The van der Waals surface area contributed by atoms with Gasteiger partial charge >= 0.3 is 0 Å². The SMILES string of the molecule is COC1=C2CC[C@H]3[C@@H]4C[C@@H](F)C(=O)[C@@]4(C)CC[C@@H]3[C@@]2(C)C2C[C@@H]2C1=O. The van der Waals surface area contributed by atoms with E-state index in [4.69, 9.17) is 4.74 Å². The van der Waals surface area contributed by atoms with E-state index in [-0.39, 0.29) is 28.8 Å². The Bertz CT molecular complexity index is 712. The molecular weight excluding hydrogens is 319 g/mol. The van der Waals surface area contributed by atoms with Gasteiger partial charge in [0.05, 0.1) is 7.11 Å². The van der Waals surface area contributed by atoms with Crippen LogP contribution in [-0.2, 0) is 14.3 Å². The topological polar surface area (TPSA) is 43.4 Å². The average molecular weight is 346 g/mol. The number of fused-ring (bicyclic) bond motifs is 7. The third-order valence-corrected chi connectivity index (χ3v) is 8.88.